The third-order valence-corrected chi connectivity index (χ3v) is 4.44. The molecule has 0 aromatic heterocycles. The molecule has 2 atom stereocenters. The van der Waals surface area contributed by atoms with Gasteiger partial charge in [-0.3, -0.25) is 0 Å². The van der Waals surface area contributed by atoms with E-state index in [0.29, 0.717) is 5.25 Å². The molecule has 16 heavy (non-hydrogen) atoms. The summed E-state index contributed by atoms with van der Waals surface area (Å²) in [5, 5.41) is 10.4. The molecule has 1 fully saturated rings. The van der Waals surface area contributed by atoms with E-state index < -0.39 is 0 Å². The lowest BCUT2D eigenvalue weighted by Crippen LogP contribution is -2.21. The van der Waals surface area contributed by atoms with Crippen molar-refractivity contribution in [1.29, 1.82) is 0 Å². The number of hydrogen-bond donors (Lipinski definition) is 2. The van der Waals surface area contributed by atoms with Crippen molar-refractivity contribution in [2.24, 2.45) is 0 Å². The molecule has 88 valence electrons. The molecule has 2 unspecified atom stereocenters. The molecular weight excluding hydrogens is 218 g/mol. The van der Waals surface area contributed by atoms with E-state index in [9.17, 15) is 5.11 Å². The van der Waals surface area contributed by atoms with Gasteiger partial charge in [-0.1, -0.05) is 25.3 Å². The Morgan fingerprint density at radius 2 is 2.00 bits per heavy atom. The molecule has 0 amide bonds. The number of aliphatic hydroxyl groups excluding tert-OH is 1. The van der Waals surface area contributed by atoms with Crippen LogP contribution in [0.5, 0.6) is 0 Å². The Bertz CT molecular complexity index is 342. The zero-order valence-corrected chi connectivity index (χ0v) is 10.2. The van der Waals surface area contributed by atoms with E-state index in [4.69, 9.17) is 5.73 Å². The number of nitrogens with two attached hydrogens (primary N) is 1. The SMILES string of the molecule is Nc1cccc(SC2CCCCCC2O)c1. The van der Waals surface area contributed by atoms with Crippen LogP contribution in [0.15, 0.2) is 29.2 Å². The van der Waals surface area contributed by atoms with Crippen molar-refractivity contribution in [1.82, 2.24) is 0 Å². The molecule has 3 heteroatoms. The average molecular weight is 237 g/mol. The first-order valence-corrected chi connectivity index (χ1v) is 6.84. The lowest BCUT2D eigenvalue weighted by Gasteiger charge is -2.19. The fraction of sp³-hybridized carbons (Fsp3) is 0.538. The minimum Gasteiger partial charge on any atom is -0.399 e. The first-order valence-electron chi connectivity index (χ1n) is 5.96. The van der Waals surface area contributed by atoms with Gasteiger partial charge in [-0.2, -0.15) is 0 Å². The fourth-order valence-corrected chi connectivity index (χ4v) is 3.44. The minimum absolute atomic E-state index is 0.158. The maximum atomic E-state index is 10.0. The summed E-state index contributed by atoms with van der Waals surface area (Å²) >= 11 is 1.77. The van der Waals surface area contributed by atoms with Gasteiger partial charge in [0.25, 0.3) is 0 Å². The van der Waals surface area contributed by atoms with Crippen LogP contribution in [-0.2, 0) is 0 Å². The first-order chi connectivity index (χ1) is 7.75. The molecule has 0 radical (unpaired) electrons. The van der Waals surface area contributed by atoms with Gasteiger partial charge in [-0.05, 0) is 31.0 Å². The highest BCUT2D eigenvalue weighted by atomic mass is 32.2. The molecule has 1 aliphatic carbocycles. The second-order valence-electron chi connectivity index (χ2n) is 4.43. The molecule has 2 nitrogen and oxygen atoms in total. The Labute approximate surface area is 101 Å². The summed E-state index contributed by atoms with van der Waals surface area (Å²) in [4.78, 5) is 1.17. The average Bonchev–Trinajstić information content (AvgIpc) is 2.45. The Morgan fingerprint density at radius 1 is 1.19 bits per heavy atom. The number of hydrogen-bond acceptors (Lipinski definition) is 3. The molecule has 2 rings (SSSR count). The Morgan fingerprint density at radius 3 is 2.81 bits per heavy atom. The van der Waals surface area contributed by atoms with Crippen molar-refractivity contribution in [3.63, 3.8) is 0 Å². The molecule has 0 saturated heterocycles. The third-order valence-electron chi connectivity index (χ3n) is 3.06. The molecule has 1 aromatic rings. The highest BCUT2D eigenvalue weighted by Gasteiger charge is 2.22. The summed E-state index contributed by atoms with van der Waals surface area (Å²) in [5.74, 6) is 0. The summed E-state index contributed by atoms with van der Waals surface area (Å²) in [6.45, 7) is 0. The van der Waals surface area contributed by atoms with Gasteiger partial charge >= 0.3 is 0 Å². The number of thioether (sulfide) groups is 1. The minimum atomic E-state index is -0.158. The van der Waals surface area contributed by atoms with Gasteiger partial charge < -0.3 is 10.8 Å². The standard InChI is InChI=1S/C13H19NOS/c14-10-5-4-6-11(9-10)16-13-8-3-1-2-7-12(13)15/h4-6,9,12-13,15H,1-3,7-8,14H2. The summed E-state index contributed by atoms with van der Waals surface area (Å²) in [6.07, 6.45) is 5.55. The molecule has 0 spiro atoms. The van der Waals surface area contributed by atoms with Crippen LogP contribution in [0.2, 0.25) is 0 Å². The third kappa shape index (κ3) is 3.16. The van der Waals surface area contributed by atoms with E-state index in [1.165, 1.54) is 17.7 Å². The van der Waals surface area contributed by atoms with Gasteiger partial charge in [0.1, 0.15) is 0 Å². The van der Waals surface area contributed by atoms with E-state index >= 15 is 0 Å². The molecule has 1 aliphatic rings. The van der Waals surface area contributed by atoms with Crippen LogP contribution in [0.25, 0.3) is 0 Å². The molecule has 0 aliphatic heterocycles. The molecule has 0 bridgehead atoms. The zero-order valence-electron chi connectivity index (χ0n) is 9.43. The highest BCUT2D eigenvalue weighted by molar-refractivity contribution is 8.00. The second-order valence-corrected chi connectivity index (χ2v) is 5.75. The van der Waals surface area contributed by atoms with Gasteiger partial charge in [0.15, 0.2) is 0 Å². The normalized spacial score (nSPS) is 26.3. The highest BCUT2D eigenvalue weighted by Crippen LogP contribution is 2.33. The second kappa shape index (κ2) is 5.60. The topological polar surface area (TPSA) is 46.2 Å². The largest absolute Gasteiger partial charge is 0.399 e. The molecule has 1 saturated carbocycles. The Kier molecular flexibility index (Phi) is 4.13. The first kappa shape index (κ1) is 11.8. The van der Waals surface area contributed by atoms with E-state index in [1.807, 2.05) is 18.2 Å². The van der Waals surface area contributed by atoms with Crippen LogP contribution >= 0.6 is 11.8 Å². The quantitative estimate of drug-likeness (QED) is 0.614. The van der Waals surface area contributed by atoms with Crippen molar-refractivity contribution in [2.45, 2.75) is 48.4 Å². The predicted octanol–water partition coefficient (Wildman–Crippen LogP) is 3.05. The lowest BCUT2D eigenvalue weighted by atomic mass is 10.1. The lowest BCUT2D eigenvalue weighted by molar-refractivity contribution is 0.163. The predicted molar refractivity (Wildman–Crippen MR) is 69.6 cm³/mol. The maximum Gasteiger partial charge on any atom is 0.0662 e. The number of nitrogen functional groups attached to an aromatic ring is 1. The van der Waals surface area contributed by atoms with Crippen LogP contribution in [-0.4, -0.2) is 16.5 Å². The van der Waals surface area contributed by atoms with Gasteiger partial charge in [0.2, 0.25) is 0 Å². The van der Waals surface area contributed by atoms with Crippen molar-refractivity contribution < 1.29 is 5.11 Å². The van der Waals surface area contributed by atoms with Crippen LogP contribution in [0, 0.1) is 0 Å². The molecular formula is C13H19NOS. The van der Waals surface area contributed by atoms with E-state index in [-0.39, 0.29) is 6.10 Å². The zero-order chi connectivity index (χ0) is 11.4. The molecule has 3 N–H and O–H groups in total. The van der Waals surface area contributed by atoms with Crippen LogP contribution in [0.3, 0.4) is 0 Å². The van der Waals surface area contributed by atoms with Crippen molar-refractivity contribution in [3.8, 4) is 0 Å². The van der Waals surface area contributed by atoms with Crippen molar-refractivity contribution >= 4 is 17.4 Å². The van der Waals surface area contributed by atoms with Crippen LogP contribution < -0.4 is 5.73 Å². The molecule has 1 aromatic carbocycles. The van der Waals surface area contributed by atoms with E-state index in [1.54, 1.807) is 11.8 Å². The summed E-state index contributed by atoms with van der Waals surface area (Å²) < 4.78 is 0. The summed E-state index contributed by atoms with van der Waals surface area (Å²) in [6, 6.07) is 7.93. The number of anilines is 1. The Balaban J connectivity index is 2.02. The number of aliphatic hydroxyl groups is 1. The van der Waals surface area contributed by atoms with E-state index in [2.05, 4.69) is 6.07 Å². The van der Waals surface area contributed by atoms with Crippen molar-refractivity contribution in [2.75, 3.05) is 5.73 Å². The van der Waals surface area contributed by atoms with Crippen LogP contribution in [0.1, 0.15) is 32.1 Å². The number of rotatable bonds is 2. The summed E-state index contributed by atoms with van der Waals surface area (Å²) in [7, 11) is 0. The monoisotopic (exact) mass is 237 g/mol. The Hall–Kier alpha value is -0.670. The fourth-order valence-electron chi connectivity index (χ4n) is 2.15. The van der Waals surface area contributed by atoms with Gasteiger partial charge in [0, 0.05) is 15.8 Å². The maximum absolute atomic E-state index is 10.0. The van der Waals surface area contributed by atoms with E-state index in [0.717, 1.165) is 24.9 Å². The van der Waals surface area contributed by atoms with Crippen molar-refractivity contribution in [3.05, 3.63) is 24.3 Å². The smallest absolute Gasteiger partial charge is 0.0662 e. The van der Waals surface area contributed by atoms with Gasteiger partial charge in [0.05, 0.1) is 6.10 Å². The molecule has 0 heterocycles. The van der Waals surface area contributed by atoms with Gasteiger partial charge in [-0.15, -0.1) is 11.8 Å². The summed E-state index contributed by atoms with van der Waals surface area (Å²) in [5.41, 5.74) is 6.55. The van der Waals surface area contributed by atoms with Gasteiger partial charge in [-0.25, -0.2) is 0 Å². The van der Waals surface area contributed by atoms with Crippen LogP contribution in [0.4, 0.5) is 5.69 Å². The number of benzene rings is 1.